The fourth-order valence-electron chi connectivity index (χ4n) is 2.87. The highest BCUT2D eigenvalue weighted by Gasteiger charge is 2.21. The number of carbonyl (C=O) groups is 1. The van der Waals surface area contributed by atoms with Crippen molar-refractivity contribution in [2.45, 2.75) is 26.8 Å². The zero-order chi connectivity index (χ0) is 15.7. The van der Waals surface area contributed by atoms with Gasteiger partial charge < -0.3 is 0 Å². The molecule has 0 saturated heterocycles. The highest BCUT2D eigenvalue weighted by atomic mass is 16.1. The number of ketones is 1. The number of fused-ring (bicyclic) bond motifs is 1. The molecular formula is C19H21N2O+. The molecule has 0 N–H and O–H groups in total. The van der Waals surface area contributed by atoms with E-state index in [0.717, 1.165) is 28.8 Å². The van der Waals surface area contributed by atoms with Crippen molar-refractivity contribution >= 4 is 16.8 Å². The Morgan fingerprint density at radius 3 is 2.45 bits per heavy atom. The molecule has 0 aliphatic carbocycles. The number of benzene rings is 2. The molecule has 1 aromatic heterocycles. The van der Waals surface area contributed by atoms with E-state index in [1.54, 1.807) is 0 Å². The van der Waals surface area contributed by atoms with Gasteiger partial charge in [-0.1, -0.05) is 43.3 Å². The highest BCUT2D eigenvalue weighted by Crippen LogP contribution is 2.15. The van der Waals surface area contributed by atoms with Crippen molar-refractivity contribution in [1.29, 1.82) is 0 Å². The van der Waals surface area contributed by atoms with Gasteiger partial charge in [-0.3, -0.25) is 4.79 Å². The van der Waals surface area contributed by atoms with Crippen LogP contribution in [0.15, 0.2) is 48.5 Å². The zero-order valence-electron chi connectivity index (χ0n) is 13.3. The normalized spacial score (nSPS) is 11.0. The predicted molar refractivity (Wildman–Crippen MR) is 88.0 cm³/mol. The van der Waals surface area contributed by atoms with E-state index < -0.39 is 0 Å². The van der Waals surface area contributed by atoms with E-state index in [4.69, 9.17) is 0 Å². The largest absolute Gasteiger partial charge is 0.290 e. The molecule has 0 aliphatic heterocycles. The van der Waals surface area contributed by atoms with Crippen molar-refractivity contribution in [3.05, 3.63) is 65.5 Å². The molecular weight excluding hydrogens is 272 g/mol. The van der Waals surface area contributed by atoms with Gasteiger partial charge in [0, 0.05) is 12.5 Å². The average molecular weight is 293 g/mol. The first-order valence-electron chi connectivity index (χ1n) is 7.67. The maximum Gasteiger partial charge on any atom is 0.254 e. The molecule has 3 heteroatoms. The van der Waals surface area contributed by atoms with E-state index in [0.29, 0.717) is 6.54 Å². The summed E-state index contributed by atoms with van der Waals surface area (Å²) < 4.78 is 4.22. The number of aryl methyl sites for hydroxylation is 2. The number of nitrogens with zero attached hydrogens (tertiary/aromatic N) is 2. The molecule has 112 valence electrons. The fourth-order valence-corrected chi connectivity index (χ4v) is 2.87. The summed E-state index contributed by atoms with van der Waals surface area (Å²) >= 11 is 0. The second-order valence-electron chi connectivity index (χ2n) is 5.65. The Morgan fingerprint density at radius 1 is 1.09 bits per heavy atom. The third kappa shape index (κ3) is 2.43. The minimum absolute atomic E-state index is 0.145. The number of hydrogen-bond donors (Lipinski definition) is 0. The monoisotopic (exact) mass is 293 g/mol. The van der Waals surface area contributed by atoms with Gasteiger partial charge in [-0.25, -0.2) is 9.13 Å². The van der Waals surface area contributed by atoms with Crippen LogP contribution >= 0.6 is 0 Å². The summed E-state index contributed by atoms with van der Waals surface area (Å²) in [5.41, 5.74) is 4.28. The van der Waals surface area contributed by atoms with Gasteiger partial charge >= 0.3 is 0 Å². The van der Waals surface area contributed by atoms with E-state index >= 15 is 0 Å². The van der Waals surface area contributed by atoms with E-state index in [1.807, 2.05) is 50.4 Å². The van der Waals surface area contributed by atoms with Crippen LogP contribution in [0, 0.1) is 6.92 Å². The first-order valence-corrected chi connectivity index (χ1v) is 7.67. The number of imidazole rings is 1. The van der Waals surface area contributed by atoms with Gasteiger partial charge in [-0.2, -0.15) is 0 Å². The lowest BCUT2D eigenvalue weighted by molar-refractivity contribution is -0.652. The van der Waals surface area contributed by atoms with Crippen molar-refractivity contribution < 1.29 is 9.36 Å². The number of hydrogen-bond acceptors (Lipinski definition) is 1. The Labute approximate surface area is 130 Å². The van der Waals surface area contributed by atoms with Gasteiger partial charge in [0.2, 0.25) is 5.78 Å². The van der Waals surface area contributed by atoms with E-state index in [-0.39, 0.29) is 5.78 Å². The first-order chi connectivity index (χ1) is 10.6. The van der Waals surface area contributed by atoms with Crippen LogP contribution in [0.1, 0.15) is 28.7 Å². The zero-order valence-corrected chi connectivity index (χ0v) is 13.3. The van der Waals surface area contributed by atoms with Crippen molar-refractivity contribution in [2.24, 2.45) is 7.05 Å². The molecule has 0 radical (unpaired) electrons. The Kier molecular flexibility index (Phi) is 3.80. The van der Waals surface area contributed by atoms with Gasteiger partial charge in [0.1, 0.15) is 0 Å². The van der Waals surface area contributed by atoms with Crippen LogP contribution in [-0.4, -0.2) is 10.4 Å². The van der Waals surface area contributed by atoms with Gasteiger partial charge in [0.05, 0.1) is 7.05 Å². The molecule has 3 aromatic rings. The van der Waals surface area contributed by atoms with Crippen LogP contribution in [0.3, 0.4) is 0 Å². The van der Waals surface area contributed by atoms with Gasteiger partial charge in [0.25, 0.3) is 5.82 Å². The second-order valence-corrected chi connectivity index (χ2v) is 5.65. The summed E-state index contributed by atoms with van der Waals surface area (Å²) in [6, 6.07) is 16.1. The first kappa shape index (κ1) is 14.5. The quantitative estimate of drug-likeness (QED) is 0.536. The lowest BCUT2D eigenvalue weighted by Crippen LogP contribution is -2.31. The third-order valence-electron chi connectivity index (χ3n) is 4.40. The van der Waals surface area contributed by atoms with Crippen LogP contribution in [0.25, 0.3) is 11.0 Å². The minimum atomic E-state index is 0.145. The standard InChI is InChI=1S/C19H21N2O/c1-4-15-9-11-16(12-10-15)19(22)13-21-14(2)20(3)17-7-5-6-8-18(17)21/h5-12H,4,13H2,1-3H3/q+1. The lowest BCUT2D eigenvalue weighted by atomic mass is 10.1. The Morgan fingerprint density at radius 2 is 1.77 bits per heavy atom. The molecule has 0 fully saturated rings. The molecule has 3 rings (SSSR count). The number of rotatable bonds is 4. The second kappa shape index (κ2) is 5.76. The van der Waals surface area contributed by atoms with Crippen molar-refractivity contribution in [1.82, 2.24) is 4.57 Å². The topological polar surface area (TPSA) is 25.9 Å². The summed E-state index contributed by atoms with van der Waals surface area (Å²) in [5, 5.41) is 0. The molecule has 0 unspecified atom stereocenters. The molecule has 0 aliphatic rings. The van der Waals surface area contributed by atoms with Gasteiger partial charge in [-0.05, 0) is 24.1 Å². The molecule has 3 nitrogen and oxygen atoms in total. The summed E-state index contributed by atoms with van der Waals surface area (Å²) in [5.74, 6) is 1.23. The van der Waals surface area contributed by atoms with Gasteiger partial charge in [-0.15, -0.1) is 0 Å². The van der Waals surface area contributed by atoms with Gasteiger partial charge in [0.15, 0.2) is 17.6 Å². The summed E-state index contributed by atoms with van der Waals surface area (Å²) in [7, 11) is 2.04. The van der Waals surface area contributed by atoms with Crippen LogP contribution in [0.4, 0.5) is 0 Å². The average Bonchev–Trinajstić information content (AvgIpc) is 2.80. The Hall–Kier alpha value is -2.42. The predicted octanol–water partition coefficient (Wildman–Crippen LogP) is 3.22. The summed E-state index contributed by atoms with van der Waals surface area (Å²) in [4.78, 5) is 12.6. The van der Waals surface area contributed by atoms with Crippen LogP contribution < -0.4 is 4.57 Å². The van der Waals surface area contributed by atoms with E-state index in [2.05, 4.69) is 28.2 Å². The molecule has 0 saturated carbocycles. The number of carbonyl (C=O) groups excluding carboxylic acids is 1. The molecule has 2 aromatic carbocycles. The number of aromatic nitrogens is 2. The van der Waals surface area contributed by atoms with E-state index in [1.165, 1.54) is 5.56 Å². The molecule has 0 amide bonds. The maximum absolute atomic E-state index is 12.6. The molecule has 0 bridgehead atoms. The third-order valence-corrected chi connectivity index (χ3v) is 4.40. The SMILES string of the molecule is CCc1ccc(C(=O)Cn2c(C)[n+](C)c3ccccc32)cc1. The molecule has 1 heterocycles. The molecule has 0 atom stereocenters. The Bertz CT molecular complexity index is 829. The fraction of sp³-hybridized carbons (Fsp3) is 0.263. The molecule has 22 heavy (non-hydrogen) atoms. The van der Waals surface area contributed by atoms with Crippen molar-refractivity contribution in [3.63, 3.8) is 0 Å². The van der Waals surface area contributed by atoms with E-state index in [9.17, 15) is 4.79 Å². The number of para-hydroxylation sites is 2. The van der Waals surface area contributed by atoms with Crippen molar-refractivity contribution in [2.75, 3.05) is 0 Å². The summed E-state index contributed by atoms with van der Waals surface area (Å²) in [6.45, 7) is 4.54. The maximum atomic E-state index is 12.6. The minimum Gasteiger partial charge on any atom is -0.290 e. The highest BCUT2D eigenvalue weighted by molar-refractivity contribution is 5.96. The Balaban J connectivity index is 1.95. The smallest absolute Gasteiger partial charge is 0.254 e. The van der Waals surface area contributed by atoms with Crippen molar-refractivity contribution in [3.8, 4) is 0 Å². The lowest BCUT2D eigenvalue weighted by Gasteiger charge is -2.02. The van der Waals surface area contributed by atoms with Crippen LogP contribution in [-0.2, 0) is 20.0 Å². The van der Waals surface area contributed by atoms with Crippen LogP contribution in [0.5, 0.6) is 0 Å². The van der Waals surface area contributed by atoms with Crippen LogP contribution in [0.2, 0.25) is 0 Å². The number of Topliss-reactive ketones (excluding diaryl/α,β-unsaturated/α-hetero) is 1. The molecule has 0 spiro atoms. The summed E-state index contributed by atoms with van der Waals surface area (Å²) in [6.07, 6.45) is 0.992.